The van der Waals surface area contributed by atoms with Crippen LogP contribution < -0.4 is 10.1 Å². The van der Waals surface area contributed by atoms with E-state index in [1.54, 1.807) is 4.90 Å². The molecule has 190 valence electrons. The summed E-state index contributed by atoms with van der Waals surface area (Å²) in [5.41, 5.74) is 5.23. The van der Waals surface area contributed by atoms with E-state index in [1.165, 1.54) is 0 Å². The van der Waals surface area contributed by atoms with Gasteiger partial charge in [-0.2, -0.15) is 0 Å². The summed E-state index contributed by atoms with van der Waals surface area (Å²) in [7, 11) is 0. The van der Waals surface area contributed by atoms with Crippen LogP contribution in [0.15, 0.2) is 72.8 Å². The van der Waals surface area contributed by atoms with Crippen LogP contribution in [0.3, 0.4) is 0 Å². The third-order valence-electron chi connectivity index (χ3n) is 6.12. The first kappa shape index (κ1) is 27.0. The molecule has 1 atom stereocenters. The molecular weight excluding hydrogens is 448 g/mol. The number of nitrogens with zero attached hydrogens (tertiary/aromatic N) is 1. The molecule has 3 aromatic carbocycles. The zero-order chi connectivity index (χ0) is 26.1. The van der Waals surface area contributed by atoms with Gasteiger partial charge in [0.05, 0.1) is 0 Å². The molecule has 0 aliphatic rings. The van der Waals surface area contributed by atoms with Crippen molar-refractivity contribution in [1.82, 2.24) is 10.2 Å². The van der Waals surface area contributed by atoms with E-state index >= 15 is 0 Å². The molecule has 0 aromatic heterocycles. The Kier molecular flexibility index (Phi) is 9.69. The first-order chi connectivity index (χ1) is 17.2. The van der Waals surface area contributed by atoms with Crippen LogP contribution in [-0.4, -0.2) is 35.9 Å². The van der Waals surface area contributed by atoms with Crippen molar-refractivity contribution < 1.29 is 14.3 Å². The van der Waals surface area contributed by atoms with Crippen molar-refractivity contribution in [2.75, 3.05) is 13.2 Å². The molecular formula is C31H38N2O3. The molecule has 2 amide bonds. The van der Waals surface area contributed by atoms with Gasteiger partial charge >= 0.3 is 0 Å². The van der Waals surface area contributed by atoms with Crippen LogP contribution in [0.2, 0.25) is 0 Å². The second-order valence-electron chi connectivity index (χ2n) is 9.90. The van der Waals surface area contributed by atoms with Crippen molar-refractivity contribution in [2.24, 2.45) is 5.92 Å². The molecule has 0 radical (unpaired) electrons. The smallest absolute Gasteiger partial charge is 0.261 e. The number of hydrogen-bond acceptors (Lipinski definition) is 3. The predicted octanol–water partition coefficient (Wildman–Crippen LogP) is 5.40. The maximum atomic E-state index is 13.7. The molecule has 0 unspecified atom stereocenters. The molecule has 36 heavy (non-hydrogen) atoms. The number of hydrogen-bond donors (Lipinski definition) is 1. The lowest BCUT2D eigenvalue weighted by Gasteiger charge is -2.32. The number of ether oxygens (including phenoxy) is 1. The summed E-state index contributed by atoms with van der Waals surface area (Å²) in [4.78, 5) is 28.9. The molecule has 0 aliphatic heterocycles. The molecule has 3 rings (SSSR count). The highest BCUT2D eigenvalue weighted by atomic mass is 16.5. The van der Waals surface area contributed by atoms with Crippen molar-refractivity contribution in [2.45, 2.75) is 53.6 Å². The minimum Gasteiger partial charge on any atom is -0.484 e. The summed E-state index contributed by atoms with van der Waals surface area (Å²) < 4.78 is 5.93. The number of aryl methyl sites for hydroxylation is 3. The van der Waals surface area contributed by atoms with Crippen LogP contribution >= 0.6 is 0 Å². The third kappa shape index (κ3) is 7.98. The average molecular weight is 487 g/mol. The lowest BCUT2D eigenvalue weighted by Crippen LogP contribution is -2.52. The quantitative estimate of drug-likeness (QED) is 0.395. The standard InChI is InChI=1S/C31H38N2O3/c1-22(2)19-32-31(35)29(18-26-12-7-6-8-13-26)33(20-27-14-10-9-11-25(27)5)30(34)21-36-28-16-23(3)15-24(4)17-28/h6-17,22,29H,18-21H2,1-5H3,(H,32,35)/t29-/m0/s1. The van der Waals surface area contributed by atoms with E-state index in [0.29, 0.717) is 31.2 Å². The van der Waals surface area contributed by atoms with Gasteiger partial charge in [-0.05, 0) is 66.6 Å². The molecule has 0 fully saturated rings. The third-order valence-corrected chi connectivity index (χ3v) is 6.12. The van der Waals surface area contributed by atoms with Crippen molar-refractivity contribution in [3.63, 3.8) is 0 Å². The van der Waals surface area contributed by atoms with E-state index < -0.39 is 6.04 Å². The lowest BCUT2D eigenvalue weighted by atomic mass is 10.0. The van der Waals surface area contributed by atoms with Gasteiger partial charge < -0.3 is 15.0 Å². The Morgan fingerprint density at radius 1 is 0.889 bits per heavy atom. The Labute approximate surface area is 215 Å². The fraction of sp³-hybridized carbons (Fsp3) is 0.355. The van der Waals surface area contributed by atoms with Crippen molar-refractivity contribution >= 4 is 11.8 Å². The highest BCUT2D eigenvalue weighted by Crippen LogP contribution is 2.19. The van der Waals surface area contributed by atoms with Gasteiger partial charge in [0.2, 0.25) is 5.91 Å². The van der Waals surface area contributed by atoms with Gasteiger partial charge in [0.15, 0.2) is 6.61 Å². The zero-order valence-electron chi connectivity index (χ0n) is 22.1. The van der Waals surface area contributed by atoms with Gasteiger partial charge in [-0.25, -0.2) is 0 Å². The van der Waals surface area contributed by atoms with Crippen LogP contribution in [0.5, 0.6) is 5.75 Å². The highest BCUT2D eigenvalue weighted by Gasteiger charge is 2.31. The Bertz CT molecular complexity index is 1140. The first-order valence-electron chi connectivity index (χ1n) is 12.6. The Hall–Kier alpha value is -3.60. The zero-order valence-corrected chi connectivity index (χ0v) is 22.1. The van der Waals surface area contributed by atoms with Gasteiger partial charge in [0, 0.05) is 19.5 Å². The Balaban J connectivity index is 1.92. The van der Waals surface area contributed by atoms with Gasteiger partial charge in [0.25, 0.3) is 5.91 Å². The number of carbonyl (C=O) groups excluding carboxylic acids is 2. The maximum Gasteiger partial charge on any atom is 0.261 e. The lowest BCUT2D eigenvalue weighted by molar-refractivity contribution is -0.142. The van der Waals surface area contributed by atoms with Gasteiger partial charge in [-0.3, -0.25) is 9.59 Å². The number of rotatable bonds is 11. The molecule has 0 bridgehead atoms. The van der Waals surface area contributed by atoms with E-state index in [2.05, 4.69) is 25.2 Å². The monoisotopic (exact) mass is 486 g/mol. The summed E-state index contributed by atoms with van der Waals surface area (Å²) >= 11 is 0. The normalized spacial score (nSPS) is 11.7. The number of benzene rings is 3. The molecule has 0 aliphatic carbocycles. The summed E-state index contributed by atoms with van der Waals surface area (Å²) in [6.07, 6.45) is 0.423. The molecule has 1 N–H and O–H groups in total. The molecule has 5 nitrogen and oxygen atoms in total. The molecule has 0 saturated carbocycles. The fourth-order valence-electron chi connectivity index (χ4n) is 4.19. The van der Waals surface area contributed by atoms with Gasteiger partial charge in [0.1, 0.15) is 11.8 Å². The maximum absolute atomic E-state index is 13.7. The number of amides is 2. The van der Waals surface area contributed by atoms with E-state index in [1.807, 2.05) is 87.5 Å². The van der Waals surface area contributed by atoms with E-state index in [9.17, 15) is 9.59 Å². The Morgan fingerprint density at radius 2 is 1.53 bits per heavy atom. The van der Waals surface area contributed by atoms with E-state index in [0.717, 1.165) is 27.8 Å². The van der Waals surface area contributed by atoms with Crippen molar-refractivity contribution in [3.05, 3.63) is 101 Å². The van der Waals surface area contributed by atoms with Crippen molar-refractivity contribution in [1.29, 1.82) is 0 Å². The summed E-state index contributed by atoms with van der Waals surface area (Å²) in [5, 5.41) is 3.05. The molecule has 0 saturated heterocycles. The summed E-state index contributed by atoms with van der Waals surface area (Å²) in [5.74, 6) is 0.583. The van der Waals surface area contributed by atoms with Crippen LogP contribution in [-0.2, 0) is 22.6 Å². The van der Waals surface area contributed by atoms with E-state index in [-0.39, 0.29) is 18.4 Å². The second-order valence-corrected chi connectivity index (χ2v) is 9.90. The van der Waals surface area contributed by atoms with E-state index in [4.69, 9.17) is 4.74 Å². The van der Waals surface area contributed by atoms with Crippen LogP contribution in [0, 0.1) is 26.7 Å². The number of nitrogens with one attached hydrogen (secondary N) is 1. The molecule has 0 spiro atoms. The first-order valence-corrected chi connectivity index (χ1v) is 12.6. The topological polar surface area (TPSA) is 58.6 Å². The molecule has 0 heterocycles. The fourth-order valence-corrected chi connectivity index (χ4v) is 4.19. The second kappa shape index (κ2) is 12.9. The largest absolute Gasteiger partial charge is 0.484 e. The van der Waals surface area contributed by atoms with Crippen molar-refractivity contribution in [3.8, 4) is 5.75 Å². The number of carbonyl (C=O) groups is 2. The minimum atomic E-state index is -0.666. The van der Waals surface area contributed by atoms with Crippen LogP contribution in [0.4, 0.5) is 0 Å². The summed E-state index contributed by atoms with van der Waals surface area (Å²) in [6.45, 7) is 10.9. The predicted molar refractivity (Wildman–Crippen MR) is 145 cm³/mol. The van der Waals surface area contributed by atoms with Gasteiger partial charge in [-0.15, -0.1) is 0 Å². The summed E-state index contributed by atoms with van der Waals surface area (Å²) in [6, 6.07) is 23.0. The minimum absolute atomic E-state index is 0.141. The average Bonchev–Trinajstić information content (AvgIpc) is 2.84. The molecule has 3 aromatic rings. The van der Waals surface area contributed by atoms with Crippen LogP contribution in [0.1, 0.15) is 41.7 Å². The van der Waals surface area contributed by atoms with Crippen LogP contribution in [0.25, 0.3) is 0 Å². The SMILES string of the molecule is Cc1cc(C)cc(OCC(=O)N(Cc2ccccc2C)[C@@H](Cc2ccccc2)C(=O)NCC(C)C)c1. The van der Waals surface area contributed by atoms with Gasteiger partial charge in [-0.1, -0.05) is 74.5 Å². The Morgan fingerprint density at radius 3 is 2.17 bits per heavy atom. The molecule has 5 heteroatoms. The highest BCUT2D eigenvalue weighted by molar-refractivity contribution is 5.88.